The van der Waals surface area contributed by atoms with Crippen LogP contribution in [0.25, 0.3) is 0 Å². The number of hydrogen-bond acceptors (Lipinski definition) is 2. The van der Waals surface area contributed by atoms with Crippen LogP contribution < -0.4 is 5.32 Å². The Morgan fingerprint density at radius 1 is 1.60 bits per heavy atom. The van der Waals surface area contributed by atoms with E-state index in [1.54, 1.807) is 6.07 Å². The van der Waals surface area contributed by atoms with Crippen molar-refractivity contribution in [2.75, 3.05) is 11.9 Å². The smallest absolute Gasteiger partial charge is 0.101 e. The molecule has 0 aliphatic rings. The summed E-state index contributed by atoms with van der Waals surface area (Å²) in [5.74, 6) is 0. The number of rotatable bonds is 3. The molecule has 0 saturated carbocycles. The molecule has 0 fully saturated rings. The summed E-state index contributed by atoms with van der Waals surface area (Å²) in [4.78, 5) is 0. The van der Waals surface area contributed by atoms with Gasteiger partial charge in [0.25, 0.3) is 0 Å². The Balaban J connectivity index is 2.84. The Bertz CT molecular complexity index is 424. The molecule has 1 rings (SSSR count). The molecule has 0 bridgehead atoms. The fourth-order valence-electron chi connectivity index (χ4n) is 0.978. The van der Waals surface area contributed by atoms with E-state index in [0.717, 1.165) is 10.2 Å². The van der Waals surface area contributed by atoms with Gasteiger partial charge in [0.1, 0.15) is 6.07 Å². The lowest BCUT2D eigenvalue weighted by Gasteiger charge is -2.07. The minimum atomic E-state index is 0.399. The maximum Gasteiger partial charge on any atom is 0.101 e. The van der Waals surface area contributed by atoms with Gasteiger partial charge in [0.15, 0.2) is 0 Å². The fourth-order valence-corrected chi connectivity index (χ4v) is 1.48. The maximum atomic E-state index is 8.85. The van der Waals surface area contributed by atoms with Crippen molar-refractivity contribution < 1.29 is 0 Å². The molecular weight excluding hydrogens is 299 g/mol. The van der Waals surface area contributed by atoms with Gasteiger partial charge in [-0.15, -0.1) is 0 Å². The first-order valence-electron chi connectivity index (χ1n) is 4.05. The van der Waals surface area contributed by atoms with Crippen LogP contribution in [0.3, 0.4) is 0 Å². The van der Waals surface area contributed by atoms with Crippen LogP contribution in [0.2, 0.25) is 0 Å². The van der Waals surface area contributed by atoms with Crippen LogP contribution in [-0.2, 0) is 0 Å². The number of nitriles is 1. The van der Waals surface area contributed by atoms with E-state index in [4.69, 9.17) is 28.5 Å². The Kier molecular flexibility index (Phi) is 4.97. The van der Waals surface area contributed by atoms with Crippen molar-refractivity contribution in [3.05, 3.63) is 38.8 Å². The molecule has 0 radical (unpaired) electrons. The lowest BCUT2D eigenvalue weighted by molar-refractivity contribution is 1.30. The zero-order valence-electron chi connectivity index (χ0n) is 7.60. The van der Waals surface area contributed by atoms with Crippen LogP contribution in [0.15, 0.2) is 33.2 Å². The largest absolute Gasteiger partial charge is 0.379 e. The summed E-state index contributed by atoms with van der Waals surface area (Å²) in [6.45, 7) is 0.399. The van der Waals surface area contributed by atoms with Gasteiger partial charge in [-0.05, 0) is 18.2 Å². The summed E-state index contributed by atoms with van der Waals surface area (Å²) in [5, 5.41) is 12.4. The SMILES string of the molecule is N#Cc1ccc(Br)cc1NC/C(Cl)=C\Cl. The molecule has 0 saturated heterocycles. The highest BCUT2D eigenvalue weighted by Crippen LogP contribution is 2.21. The average molecular weight is 306 g/mol. The van der Waals surface area contributed by atoms with E-state index in [1.807, 2.05) is 12.1 Å². The topological polar surface area (TPSA) is 35.8 Å². The number of benzene rings is 1. The zero-order valence-corrected chi connectivity index (χ0v) is 10.7. The number of anilines is 1. The molecule has 0 amide bonds. The highest BCUT2D eigenvalue weighted by Gasteiger charge is 2.02. The van der Waals surface area contributed by atoms with E-state index in [-0.39, 0.29) is 0 Å². The summed E-state index contributed by atoms with van der Waals surface area (Å²) in [6.07, 6.45) is 0. The molecule has 1 aromatic rings. The molecule has 0 atom stereocenters. The molecular formula is C10H7BrCl2N2. The number of nitrogens with zero attached hydrogens (tertiary/aromatic N) is 1. The van der Waals surface area contributed by atoms with E-state index >= 15 is 0 Å². The summed E-state index contributed by atoms with van der Waals surface area (Å²) in [7, 11) is 0. The Labute approximate surface area is 107 Å². The summed E-state index contributed by atoms with van der Waals surface area (Å²) in [5.41, 5.74) is 2.58. The lowest BCUT2D eigenvalue weighted by Crippen LogP contribution is -2.02. The third-order valence-corrected chi connectivity index (χ3v) is 2.78. The molecule has 2 nitrogen and oxygen atoms in total. The first kappa shape index (κ1) is 12.4. The second-order valence-corrected chi connectivity index (χ2v) is 4.33. The molecule has 15 heavy (non-hydrogen) atoms. The first-order chi connectivity index (χ1) is 7.17. The van der Waals surface area contributed by atoms with E-state index in [1.165, 1.54) is 5.54 Å². The van der Waals surface area contributed by atoms with Crippen molar-refractivity contribution in [1.82, 2.24) is 0 Å². The van der Waals surface area contributed by atoms with E-state index in [0.29, 0.717) is 17.1 Å². The van der Waals surface area contributed by atoms with E-state index in [2.05, 4.69) is 27.3 Å². The second-order valence-electron chi connectivity index (χ2n) is 2.71. The van der Waals surface area contributed by atoms with Crippen molar-refractivity contribution in [1.29, 1.82) is 5.26 Å². The first-order valence-corrected chi connectivity index (χ1v) is 5.66. The summed E-state index contributed by atoms with van der Waals surface area (Å²) >= 11 is 14.5. The molecule has 0 unspecified atom stereocenters. The maximum absolute atomic E-state index is 8.85. The van der Waals surface area contributed by atoms with Gasteiger partial charge < -0.3 is 5.32 Å². The second kappa shape index (κ2) is 6.02. The fraction of sp³-hybridized carbons (Fsp3) is 0.100. The third-order valence-electron chi connectivity index (χ3n) is 1.67. The highest BCUT2D eigenvalue weighted by atomic mass is 79.9. The average Bonchev–Trinajstić information content (AvgIpc) is 2.26. The van der Waals surface area contributed by atoms with Gasteiger partial charge in [0.2, 0.25) is 0 Å². The van der Waals surface area contributed by atoms with Crippen LogP contribution in [0.1, 0.15) is 5.56 Å². The molecule has 0 aromatic heterocycles. The van der Waals surface area contributed by atoms with Crippen LogP contribution >= 0.6 is 39.1 Å². The Hall–Kier alpha value is -0.690. The van der Waals surface area contributed by atoms with Crippen LogP contribution in [0.5, 0.6) is 0 Å². The molecule has 0 aliphatic carbocycles. The minimum absolute atomic E-state index is 0.399. The van der Waals surface area contributed by atoms with Crippen LogP contribution in [0, 0.1) is 11.3 Å². The monoisotopic (exact) mass is 304 g/mol. The minimum Gasteiger partial charge on any atom is -0.379 e. The summed E-state index contributed by atoms with van der Waals surface area (Å²) in [6, 6.07) is 7.44. The molecule has 78 valence electrons. The molecule has 1 N–H and O–H groups in total. The predicted octanol–water partition coefficient (Wildman–Crippen LogP) is 4.05. The van der Waals surface area contributed by atoms with Gasteiger partial charge in [-0.1, -0.05) is 39.1 Å². The number of halogens is 3. The quantitative estimate of drug-likeness (QED) is 0.914. The van der Waals surface area contributed by atoms with E-state index in [9.17, 15) is 0 Å². The van der Waals surface area contributed by atoms with Gasteiger partial charge in [-0.3, -0.25) is 0 Å². The van der Waals surface area contributed by atoms with Crippen molar-refractivity contribution >= 4 is 44.8 Å². The Morgan fingerprint density at radius 3 is 2.93 bits per heavy atom. The van der Waals surface area contributed by atoms with Gasteiger partial charge in [-0.2, -0.15) is 5.26 Å². The number of hydrogen-bond donors (Lipinski definition) is 1. The zero-order chi connectivity index (χ0) is 11.3. The number of nitrogens with one attached hydrogen (secondary N) is 1. The van der Waals surface area contributed by atoms with Crippen molar-refractivity contribution in [2.24, 2.45) is 0 Å². The lowest BCUT2D eigenvalue weighted by atomic mass is 10.2. The molecule has 0 spiro atoms. The molecule has 5 heteroatoms. The van der Waals surface area contributed by atoms with Gasteiger partial charge in [0.05, 0.1) is 17.8 Å². The molecule has 0 heterocycles. The summed E-state index contributed by atoms with van der Waals surface area (Å²) < 4.78 is 0.898. The standard InChI is InChI=1S/C10H7BrCl2N2/c11-8-2-1-7(5-14)10(3-8)15-6-9(13)4-12/h1-4,15H,6H2/b9-4+. The van der Waals surface area contributed by atoms with Crippen molar-refractivity contribution in [3.8, 4) is 6.07 Å². The third kappa shape index (κ3) is 3.75. The van der Waals surface area contributed by atoms with Crippen LogP contribution in [0.4, 0.5) is 5.69 Å². The van der Waals surface area contributed by atoms with Gasteiger partial charge in [0, 0.05) is 15.0 Å². The molecule has 0 aliphatic heterocycles. The molecule has 1 aromatic carbocycles. The Morgan fingerprint density at radius 2 is 2.33 bits per heavy atom. The highest BCUT2D eigenvalue weighted by molar-refractivity contribution is 9.10. The predicted molar refractivity (Wildman–Crippen MR) is 67.1 cm³/mol. The normalized spacial score (nSPS) is 10.9. The van der Waals surface area contributed by atoms with E-state index < -0.39 is 0 Å². The van der Waals surface area contributed by atoms with Crippen LogP contribution in [-0.4, -0.2) is 6.54 Å². The van der Waals surface area contributed by atoms with Gasteiger partial charge >= 0.3 is 0 Å². The van der Waals surface area contributed by atoms with Crippen molar-refractivity contribution in [2.45, 2.75) is 0 Å². The van der Waals surface area contributed by atoms with Gasteiger partial charge in [-0.25, -0.2) is 0 Å². The van der Waals surface area contributed by atoms with Crippen molar-refractivity contribution in [3.63, 3.8) is 0 Å².